The Labute approximate surface area is 171 Å². The van der Waals surface area contributed by atoms with Crippen LogP contribution in [0.15, 0.2) is 65.1 Å². The molecule has 2 heterocycles. The lowest BCUT2D eigenvalue weighted by Gasteiger charge is -2.06. The smallest absolute Gasteiger partial charge is 0.416 e. The van der Waals surface area contributed by atoms with E-state index >= 15 is 0 Å². The molecule has 4 aromatic rings. The van der Waals surface area contributed by atoms with Crippen LogP contribution in [0.2, 0.25) is 0 Å². The molecule has 2 aromatic heterocycles. The van der Waals surface area contributed by atoms with Gasteiger partial charge in [-0.3, -0.25) is 0 Å². The topological polar surface area (TPSA) is 62.0 Å². The van der Waals surface area contributed by atoms with Gasteiger partial charge in [-0.2, -0.15) is 13.2 Å². The van der Waals surface area contributed by atoms with Crippen molar-refractivity contribution in [1.82, 2.24) is 9.97 Å². The Kier molecular flexibility index (Phi) is 5.22. The normalized spacial score (nSPS) is 11.8. The summed E-state index contributed by atoms with van der Waals surface area (Å²) in [5.74, 6) is 1.50. The SMILES string of the molecule is Cc1[nH]c(-c2ccc(-c3ccc(C(F)(F)F)cc3)o2)nc1-c1ccc(CCO)cc1. The Bertz CT molecular complexity index is 1140. The molecule has 0 aliphatic carbocycles. The molecule has 4 rings (SSSR count). The van der Waals surface area contributed by atoms with E-state index in [0.29, 0.717) is 29.3 Å². The van der Waals surface area contributed by atoms with Gasteiger partial charge in [0, 0.05) is 23.4 Å². The molecule has 7 heteroatoms. The molecule has 0 aliphatic heterocycles. The molecule has 2 aromatic carbocycles. The molecule has 2 N–H and O–H groups in total. The Morgan fingerprint density at radius 3 is 2.17 bits per heavy atom. The van der Waals surface area contributed by atoms with Crippen molar-refractivity contribution >= 4 is 0 Å². The standard InChI is InChI=1S/C23H19F3N2O2/c1-14-21(17-4-2-15(3-5-17)12-13-29)28-22(27-14)20-11-10-19(30-20)16-6-8-18(9-7-16)23(24,25)26/h2-11,29H,12-13H2,1H3,(H,27,28). The number of aromatic nitrogens is 2. The Morgan fingerprint density at radius 2 is 1.53 bits per heavy atom. The molecule has 0 amide bonds. The second-order valence-electron chi connectivity index (χ2n) is 6.97. The summed E-state index contributed by atoms with van der Waals surface area (Å²) in [4.78, 5) is 7.83. The van der Waals surface area contributed by atoms with Crippen molar-refractivity contribution in [3.8, 4) is 34.2 Å². The van der Waals surface area contributed by atoms with Gasteiger partial charge in [0.15, 0.2) is 11.6 Å². The highest BCUT2D eigenvalue weighted by Gasteiger charge is 2.30. The molecule has 4 nitrogen and oxygen atoms in total. The van der Waals surface area contributed by atoms with Crippen LogP contribution in [-0.2, 0) is 12.6 Å². The first kappa shape index (κ1) is 20.0. The number of furan rings is 1. The van der Waals surface area contributed by atoms with Gasteiger partial charge < -0.3 is 14.5 Å². The lowest BCUT2D eigenvalue weighted by atomic mass is 10.1. The van der Waals surface area contributed by atoms with Crippen molar-refractivity contribution in [2.24, 2.45) is 0 Å². The molecule has 0 fully saturated rings. The van der Waals surface area contributed by atoms with Gasteiger partial charge in [-0.1, -0.05) is 36.4 Å². The molecule has 0 unspecified atom stereocenters. The van der Waals surface area contributed by atoms with Crippen LogP contribution in [0.1, 0.15) is 16.8 Å². The van der Waals surface area contributed by atoms with Crippen molar-refractivity contribution in [3.63, 3.8) is 0 Å². The fraction of sp³-hybridized carbons (Fsp3) is 0.174. The predicted molar refractivity (Wildman–Crippen MR) is 108 cm³/mol. The fourth-order valence-corrected chi connectivity index (χ4v) is 3.26. The van der Waals surface area contributed by atoms with Crippen molar-refractivity contribution in [1.29, 1.82) is 0 Å². The zero-order chi connectivity index (χ0) is 21.3. The molecule has 0 radical (unpaired) electrons. The van der Waals surface area contributed by atoms with E-state index in [1.54, 1.807) is 12.1 Å². The van der Waals surface area contributed by atoms with E-state index in [0.717, 1.165) is 34.6 Å². The quantitative estimate of drug-likeness (QED) is 0.431. The zero-order valence-electron chi connectivity index (χ0n) is 16.1. The van der Waals surface area contributed by atoms with Gasteiger partial charge in [0.1, 0.15) is 5.76 Å². The average molecular weight is 412 g/mol. The molecule has 0 saturated carbocycles. The summed E-state index contributed by atoms with van der Waals surface area (Å²) < 4.78 is 44.1. The first-order valence-corrected chi connectivity index (χ1v) is 9.40. The van der Waals surface area contributed by atoms with E-state index in [4.69, 9.17) is 9.52 Å². The Morgan fingerprint density at radius 1 is 0.900 bits per heavy atom. The lowest BCUT2D eigenvalue weighted by Crippen LogP contribution is -2.03. The number of aliphatic hydroxyl groups excluding tert-OH is 1. The maximum atomic E-state index is 12.7. The predicted octanol–water partition coefficient (Wildman–Crippen LogP) is 5.87. The third-order valence-corrected chi connectivity index (χ3v) is 4.85. The molecule has 30 heavy (non-hydrogen) atoms. The number of halogens is 3. The minimum Gasteiger partial charge on any atom is -0.453 e. The molecule has 0 bridgehead atoms. The molecular weight excluding hydrogens is 393 g/mol. The summed E-state index contributed by atoms with van der Waals surface area (Å²) in [5, 5.41) is 9.04. The van der Waals surface area contributed by atoms with E-state index in [-0.39, 0.29) is 6.61 Å². The number of aliphatic hydroxyl groups is 1. The van der Waals surface area contributed by atoms with Gasteiger partial charge in [-0.25, -0.2) is 4.98 Å². The second-order valence-corrected chi connectivity index (χ2v) is 6.97. The van der Waals surface area contributed by atoms with Crippen LogP contribution in [0.3, 0.4) is 0 Å². The van der Waals surface area contributed by atoms with Crippen LogP contribution in [0.4, 0.5) is 13.2 Å². The van der Waals surface area contributed by atoms with E-state index in [9.17, 15) is 13.2 Å². The van der Waals surface area contributed by atoms with Crippen LogP contribution in [0, 0.1) is 6.92 Å². The van der Waals surface area contributed by atoms with E-state index in [1.807, 2.05) is 31.2 Å². The Balaban J connectivity index is 1.59. The summed E-state index contributed by atoms with van der Waals surface area (Å²) in [5.41, 5.74) is 3.49. The Hall–Kier alpha value is -3.32. The van der Waals surface area contributed by atoms with Crippen molar-refractivity contribution in [2.75, 3.05) is 6.61 Å². The number of imidazole rings is 1. The van der Waals surface area contributed by atoms with E-state index < -0.39 is 11.7 Å². The number of aromatic amines is 1. The van der Waals surface area contributed by atoms with Gasteiger partial charge in [-0.05, 0) is 43.2 Å². The maximum absolute atomic E-state index is 12.7. The van der Waals surface area contributed by atoms with Crippen LogP contribution < -0.4 is 0 Å². The molecular formula is C23H19F3N2O2. The minimum absolute atomic E-state index is 0.102. The van der Waals surface area contributed by atoms with E-state index in [2.05, 4.69) is 9.97 Å². The molecule has 0 spiro atoms. The van der Waals surface area contributed by atoms with Crippen molar-refractivity contribution in [2.45, 2.75) is 19.5 Å². The molecule has 0 aliphatic rings. The number of H-pyrrole nitrogens is 1. The van der Waals surface area contributed by atoms with Crippen LogP contribution in [0.5, 0.6) is 0 Å². The van der Waals surface area contributed by atoms with Crippen molar-refractivity contribution < 1.29 is 22.7 Å². The largest absolute Gasteiger partial charge is 0.453 e. The average Bonchev–Trinajstić information content (AvgIpc) is 3.35. The highest BCUT2D eigenvalue weighted by atomic mass is 19.4. The third-order valence-electron chi connectivity index (χ3n) is 4.85. The van der Waals surface area contributed by atoms with Gasteiger partial charge in [0.05, 0.1) is 11.3 Å². The van der Waals surface area contributed by atoms with Crippen LogP contribution >= 0.6 is 0 Å². The number of hydrogen-bond acceptors (Lipinski definition) is 3. The number of nitrogens with zero attached hydrogens (tertiary/aromatic N) is 1. The summed E-state index contributed by atoms with van der Waals surface area (Å²) >= 11 is 0. The third kappa shape index (κ3) is 4.02. The summed E-state index contributed by atoms with van der Waals surface area (Å²) in [6, 6.07) is 16.1. The van der Waals surface area contributed by atoms with Gasteiger partial charge >= 0.3 is 6.18 Å². The summed E-state index contributed by atoms with van der Waals surface area (Å²) in [6.45, 7) is 2.01. The second kappa shape index (κ2) is 7.84. The first-order chi connectivity index (χ1) is 14.3. The van der Waals surface area contributed by atoms with Gasteiger partial charge in [-0.15, -0.1) is 0 Å². The monoisotopic (exact) mass is 412 g/mol. The highest BCUT2D eigenvalue weighted by Crippen LogP contribution is 2.33. The minimum atomic E-state index is -4.37. The summed E-state index contributed by atoms with van der Waals surface area (Å²) in [7, 11) is 0. The van der Waals surface area contributed by atoms with Gasteiger partial charge in [0.2, 0.25) is 0 Å². The van der Waals surface area contributed by atoms with Gasteiger partial charge in [0.25, 0.3) is 0 Å². The lowest BCUT2D eigenvalue weighted by molar-refractivity contribution is -0.137. The number of nitrogens with one attached hydrogen (secondary N) is 1. The number of benzene rings is 2. The fourth-order valence-electron chi connectivity index (χ4n) is 3.26. The number of rotatable bonds is 5. The van der Waals surface area contributed by atoms with E-state index in [1.165, 1.54) is 12.1 Å². The molecule has 0 saturated heterocycles. The number of alkyl halides is 3. The summed E-state index contributed by atoms with van der Waals surface area (Å²) in [6.07, 6.45) is -3.77. The zero-order valence-corrected chi connectivity index (χ0v) is 16.1. The van der Waals surface area contributed by atoms with Crippen LogP contribution in [0.25, 0.3) is 34.2 Å². The number of hydrogen-bond donors (Lipinski definition) is 2. The van der Waals surface area contributed by atoms with Crippen molar-refractivity contribution in [3.05, 3.63) is 77.5 Å². The molecule has 0 atom stereocenters. The first-order valence-electron chi connectivity index (χ1n) is 9.40. The molecule has 154 valence electrons. The highest BCUT2D eigenvalue weighted by molar-refractivity contribution is 5.67. The number of aryl methyl sites for hydroxylation is 1. The van der Waals surface area contributed by atoms with Crippen LogP contribution in [-0.4, -0.2) is 21.7 Å². The maximum Gasteiger partial charge on any atom is 0.416 e.